The number of halogens is 2. The molecule has 0 spiro atoms. The zero-order valence-electron chi connectivity index (χ0n) is 6.93. The first-order chi connectivity index (χ1) is 4.84. The Morgan fingerprint density at radius 2 is 1.67 bits per heavy atom. The average molecular weight is 220 g/mol. The monoisotopic (exact) mass is 219 g/mol. The minimum atomic E-state index is 0. The smallest absolute Gasteiger partial charge is 0.310 e. The molecule has 2 radical (unpaired) electrons. The molecule has 0 fully saturated rings. The van der Waals surface area contributed by atoms with E-state index in [0.717, 1.165) is 6.54 Å². The van der Waals surface area contributed by atoms with Gasteiger partial charge in [0.25, 0.3) is 0 Å². The molecule has 1 aromatic carbocycles. The van der Waals surface area contributed by atoms with Gasteiger partial charge in [0.15, 0.2) is 0 Å². The third kappa shape index (κ3) is 4.23. The quantitative estimate of drug-likeness (QED) is 0.692. The fourth-order valence-corrected chi connectivity index (χ4v) is 0.974. The second-order valence-corrected chi connectivity index (χ2v) is 2.74. The molecule has 0 aliphatic rings. The third-order valence-electron chi connectivity index (χ3n) is 1.43. The molecule has 1 nitrogen and oxygen atoms in total. The SMILES string of the molecule is CC[N]([Al])c1ccccc1.Cl.Cl. The topological polar surface area (TPSA) is 3.24 Å². The Hall–Kier alpha value is 0.132. The third-order valence-corrected chi connectivity index (χ3v) is 2.09. The summed E-state index contributed by atoms with van der Waals surface area (Å²) in [5, 5.41) is 0. The lowest BCUT2D eigenvalue weighted by molar-refractivity contribution is 1.10. The summed E-state index contributed by atoms with van der Waals surface area (Å²) in [6, 6.07) is 10.3. The highest BCUT2D eigenvalue weighted by molar-refractivity contribution is 6.17. The van der Waals surface area contributed by atoms with E-state index in [1.54, 1.807) is 0 Å². The van der Waals surface area contributed by atoms with Crippen molar-refractivity contribution in [1.82, 2.24) is 0 Å². The van der Waals surface area contributed by atoms with Gasteiger partial charge in [-0.2, -0.15) is 0 Å². The molecule has 12 heavy (non-hydrogen) atoms. The number of hydrogen-bond donors (Lipinski definition) is 0. The fraction of sp³-hybridized carbons (Fsp3) is 0.250. The average Bonchev–Trinajstić information content (AvgIpc) is 2.05. The first-order valence-corrected chi connectivity index (χ1v) is 3.93. The van der Waals surface area contributed by atoms with Gasteiger partial charge >= 0.3 is 16.5 Å². The standard InChI is InChI=1S/C8H10N.Al.2ClH/c1-2-9-8-6-4-3-5-7-8;;;/h3-7H,2H2,1H3;;2*1H/q-1;+1;;. The van der Waals surface area contributed by atoms with Gasteiger partial charge < -0.3 is 3.88 Å². The van der Waals surface area contributed by atoms with Crippen LogP contribution in [0, 0.1) is 0 Å². The van der Waals surface area contributed by atoms with Crippen LogP contribution in [0.1, 0.15) is 6.92 Å². The highest BCUT2D eigenvalue weighted by Gasteiger charge is 1.91. The van der Waals surface area contributed by atoms with Crippen LogP contribution in [0.4, 0.5) is 5.69 Å². The van der Waals surface area contributed by atoms with Crippen LogP contribution in [-0.2, 0) is 0 Å². The molecule has 0 unspecified atom stereocenters. The molecule has 0 heterocycles. The van der Waals surface area contributed by atoms with E-state index in [1.807, 2.05) is 18.2 Å². The van der Waals surface area contributed by atoms with Crippen LogP contribution < -0.4 is 3.88 Å². The lowest BCUT2D eigenvalue weighted by Gasteiger charge is -2.18. The number of nitrogens with zero attached hydrogens (tertiary/aromatic N) is 1. The van der Waals surface area contributed by atoms with Crippen molar-refractivity contribution in [3.05, 3.63) is 30.3 Å². The van der Waals surface area contributed by atoms with E-state index in [9.17, 15) is 0 Å². The van der Waals surface area contributed by atoms with Crippen LogP contribution in [0.25, 0.3) is 0 Å². The molecule has 0 atom stereocenters. The van der Waals surface area contributed by atoms with Crippen LogP contribution >= 0.6 is 24.8 Å². The normalized spacial score (nSPS) is 7.75. The number of rotatable bonds is 2. The summed E-state index contributed by atoms with van der Waals surface area (Å²) in [5.74, 6) is 0. The van der Waals surface area contributed by atoms with Gasteiger partial charge in [-0.1, -0.05) is 18.2 Å². The first kappa shape index (κ1) is 14.6. The molecule has 0 bridgehead atoms. The van der Waals surface area contributed by atoms with Gasteiger partial charge in [0, 0.05) is 5.69 Å². The molecule has 0 aliphatic heterocycles. The Bertz CT molecular complexity index is 194. The summed E-state index contributed by atoms with van der Waals surface area (Å²) < 4.78 is 2.12. The summed E-state index contributed by atoms with van der Waals surface area (Å²) >= 11 is 2.68. The summed E-state index contributed by atoms with van der Waals surface area (Å²) in [5.41, 5.74) is 1.25. The maximum Gasteiger partial charge on any atom is 0.310 e. The lowest BCUT2D eigenvalue weighted by atomic mass is 10.3. The molecule has 66 valence electrons. The molecule has 0 saturated carbocycles. The highest BCUT2D eigenvalue weighted by atomic mass is 35.5. The van der Waals surface area contributed by atoms with Crippen molar-refractivity contribution in [2.45, 2.75) is 6.92 Å². The Balaban J connectivity index is 0. The van der Waals surface area contributed by atoms with Gasteiger partial charge in [-0.3, -0.25) is 0 Å². The van der Waals surface area contributed by atoms with Gasteiger partial charge in [0.05, 0.1) is 0 Å². The molecule has 1 aromatic rings. The Morgan fingerprint density at radius 1 is 1.17 bits per heavy atom. The summed E-state index contributed by atoms with van der Waals surface area (Å²) in [6.07, 6.45) is 0. The van der Waals surface area contributed by atoms with Gasteiger partial charge in [-0.15, -0.1) is 24.8 Å². The molecule has 0 N–H and O–H groups in total. The Kier molecular flexibility index (Phi) is 9.48. The second kappa shape index (κ2) is 7.76. The van der Waals surface area contributed by atoms with Crippen LogP contribution in [0.5, 0.6) is 0 Å². The van der Waals surface area contributed by atoms with Crippen LogP contribution in [0.2, 0.25) is 0 Å². The minimum Gasteiger partial charge on any atom is -0.479 e. The van der Waals surface area contributed by atoms with Crippen molar-refractivity contribution in [2.75, 3.05) is 10.4 Å². The molecule has 0 aliphatic carbocycles. The molecular weight excluding hydrogens is 208 g/mol. The van der Waals surface area contributed by atoms with Gasteiger partial charge in [0.1, 0.15) is 0 Å². The molecule has 0 amide bonds. The Morgan fingerprint density at radius 3 is 2.08 bits per heavy atom. The fourth-order valence-electron chi connectivity index (χ4n) is 0.802. The van der Waals surface area contributed by atoms with Crippen LogP contribution in [0.15, 0.2) is 30.3 Å². The zero-order chi connectivity index (χ0) is 7.40. The van der Waals surface area contributed by atoms with Crippen LogP contribution in [-0.4, -0.2) is 23.1 Å². The molecule has 1 rings (SSSR count). The van der Waals surface area contributed by atoms with Crippen molar-refractivity contribution >= 4 is 47.0 Å². The predicted molar refractivity (Wildman–Crippen MR) is 59.7 cm³/mol. The maximum atomic E-state index is 2.68. The number of benzene rings is 1. The van der Waals surface area contributed by atoms with Crippen molar-refractivity contribution in [3.63, 3.8) is 0 Å². The molecule has 0 saturated heterocycles. The molecular formula is C8H12AlCl2N. The van der Waals surface area contributed by atoms with E-state index < -0.39 is 0 Å². The minimum absolute atomic E-state index is 0. The Labute approximate surface area is 94.6 Å². The first-order valence-electron chi connectivity index (χ1n) is 3.42. The van der Waals surface area contributed by atoms with Gasteiger partial charge in [-0.25, -0.2) is 0 Å². The van der Waals surface area contributed by atoms with Crippen molar-refractivity contribution in [1.29, 1.82) is 0 Å². The van der Waals surface area contributed by atoms with E-state index in [4.69, 9.17) is 0 Å². The summed E-state index contributed by atoms with van der Waals surface area (Å²) in [4.78, 5) is 0. The largest absolute Gasteiger partial charge is 0.479 e. The van der Waals surface area contributed by atoms with E-state index in [2.05, 4.69) is 39.5 Å². The van der Waals surface area contributed by atoms with Crippen molar-refractivity contribution in [2.24, 2.45) is 0 Å². The second-order valence-electron chi connectivity index (χ2n) is 2.12. The van der Waals surface area contributed by atoms with Gasteiger partial charge in [0.2, 0.25) is 0 Å². The molecule has 0 aromatic heterocycles. The summed E-state index contributed by atoms with van der Waals surface area (Å²) in [6.45, 7) is 3.15. The molecule has 4 heteroatoms. The number of anilines is 1. The van der Waals surface area contributed by atoms with Crippen LogP contribution in [0.3, 0.4) is 0 Å². The number of para-hydroxylation sites is 1. The summed E-state index contributed by atoms with van der Waals surface area (Å²) in [7, 11) is 0. The van der Waals surface area contributed by atoms with E-state index in [-0.39, 0.29) is 24.8 Å². The van der Waals surface area contributed by atoms with E-state index in [0.29, 0.717) is 0 Å². The van der Waals surface area contributed by atoms with E-state index in [1.165, 1.54) is 5.69 Å². The predicted octanol–water partition coefficient (Wildman–Crippen LogP) is 2.44. The van der Waals surface area contributed by atoms with Crippen molar-refractivity contribution < 1.29 is 0 Å². The highest BCUT2D eigenvalue weighted by Crippen LogP contribution is 2.08. The van der Waals surface area contributed by atoms with E-state index >= 15 is 0 Å². The lowest BCUT2D eigenvalue weighted by Crippen LogP contribution is -2.17. The van der Waals surface area contributed by atoms with Gasteiger partial charge in [-0.05, 0) is 25.6 Å². The zero-order valence-corrected chi connectivity index (χ0v) is 9.72. The maximum absolute atomic E-state index is 2.68. The van der Waals surface area contributed by atoms with Crippen molar-refractivity contribution in [3.8, 4) is 0 Å². The number of hydrogen-bond acceptors (Lipinski definition) is 1.